The van der Waals surface area contributed by atoms with Gasteiger partial charge in [0.05, 0.1) is 24.4 Å². The van der Waals surface area contributed by atoms with E-state index in [1.807, 2.05) is 71.4 Å². The average molecular weight is 437 g/mol. The third-order valence-corrected chi connectivity index (χ3v) is 5.37. The van der Waals surface area contributed by atoms with E-state index >= 15 is 0 Å². The monoisotopic (exact) mass is 436 g/mol. The summed E-state index contributed by atoms with van der Waals surface area (Å²) >= 11 is 0. The first kappa shape index (κ1) is 20.5. The molecule has 2 N–H and O–H groups in total. The number of para-hydroxylation sites is 2. The van der Waals surface area contributed by atoms with Crippen LogP contribution in [0.5, 0.6) is 5.75 Å². The number of aryl methyl sites for hydroxylation is 1. The summed E-state index contributed by atoms with van der Waals surface area (Å²) in [5.41, 5.74) is 4.82. The van der Waals surface area contributed by atoms with Gasteiger partial charge in [-0.05, 0) is 37.3 Å². The number of hydrogen-bond donors (Lipinski definition) is 2. The number of aromatic nitrogens is 4. The predicted octanol–water partition coefficient (Wildman–Crippen LogP) is 5.49. The van der Waals surface area contributed by atoms with Gasteiger partial charge in [-0.15, -0.1) is 0 Å². The molecule has 0 radical (unpaired) electrons. The van der Waals surface area contributed by atoms with E-state index in [1.165, 1.54) is 5.56 Å². The van der Waals surface area contributed by atoms with Gasteiger partial charge in [-0.3, -0.25) is 0 Å². The van der Waals surface area contributed by atoms with E-state index in [0.29, 0.717) is 24.0 Å². The first-order valence-corrected chi connectivity index (χ1v) is 10.7. The number of nitrogens with one attached hydrogen (secondary N) is 2. The van der Waals surface area contributed by atoms with Gasteiger partial charge >= 0.3 is 0 Å². The van der Waals surface area contributed by atoms with E-state index in [0.717, 1.165) is 28.1 Å². The van der Waals surface area contributed by atoms with E-state index in [9.17, 15) is 0 Å². The molecule has 2 heterocycles. The molecule has 0 amide bonds. The lowest BCUT2D eigenvalue weighted by molar-refractivity contribution is 0.410. The van der Waals surface area contributed by atoms with Gasteiger partial charge < -0.3 is 15.4 Å². The second kappa shape index (κ2) is 9.00. The van der Waals surface area contributed by atoms with Crippen LogP contribution in [0.2, 0.25) is 0 Å². The third kappa shape index (κ3) is 4.34. The summed E-state index contributed by atoms with van der Waals surface area (Å²) in [6, 6.07) is 26.0. The van der Waals surface area contributed by atoms with Crippen LogP contribution in [-0.4, -0.2) is 26.9 Å². The van der Waals surface area contributed by atoms with Crippen LogP contribution in [0.25, 0.3) is 16.7 Å². The molecule has 7 heteroatoms. The van der Waals surface area contributed by atoms with E-state index in [4.69, 9.17) is 14.7 Å². The molecule has 3 aromatic carbocycles. The van der Waals surface area contributed by atoms with Crippen LogP contribution in [0.3, 0.4) is 0 Å². The predicted molar refractivity (Wildman–Crippen MR) is 131 cm³/mol. The molecular weight excluding hydrogens is 412 g/mol. The van der Waals surface area contributed by atoms with Crippen LogP contribution in [0.4, 0.5) is 17.5 Å². The van der Waals surface area contributed by atoms with Crippen molar-refractivity contribution in [3.8, 4) is 11.4 Å². The number of anilines is 3. The molecule has 7 nitrogen and oxygen atoms in total. The zero-order valence-electron chi connectivity index (χ0n) is 18.5. The van der Waals surface area contributed by atoms with Crippen LogP contribution in [-0.2, 0) is 6.54 Å². The van der Waals surface area contributed by atoms with Crippen LogP contribution in [0.15, 0.2) is 85.1 Å². The lowest BCUT2D eigenvalue weighted by atomic mass is 10.2. The summed E-state index contributed by atoms with van der Waals surface area (Å²) < 4.78 is 7.30. The van der Waals surface area contributed by atoms with Gasteiger partial charge in [0, 0.05) is 17.8 Å². The number of methoxy groups -OCH3 is 1. The van der Waals surface area contributed by atoms with Crippen molar-refractivity contribution in [1.82, 2.24) is 19.7 Å². The Balaban J connectivity index is 1.55. The Labute approximate surface area is 192 Å². The van der Waals surface area contributed by atoms with Crippen molar-refractivity contribution in [1.29, 1.82) is 0 Å². The minimum Gasteiger partial charge on any atom is -0.496 e. The highest BCUT2D eigenvalue weighted by molar-refractivity contribution is 5.90. The molecule has 33 heavy (non-hydrogen) atoms. The second-order valence-corrected chi connectivity index (χ2v) is 7.68. The van der Waals surface area contributed by atoms with E-state index in [-0.39, 0.29) is 0 Å². The molecule has 5 rings (SSSR count). The fraction of sp³-hybridized carbons (Fsp3) is 0.115. The van der Waals surface area contributed by atoms with E-state index in [2.05, 4.69) is 34.8 Å². The fourth-order valence-corrected chi connectivity index (χ4v) is 3.64. The molecule has 0 atom stereocenters. The molecular formula is C26H24N6O. The Morgan fingerprint density at radius 2 is 1.64 bits per heavy atom. The Bertz CT molecular complexity index is 1380. The topological polar surface area (TPSA) is 76.9 Å². The largest absolute Gasteiger partial charge is 0.496 e. The van der Waals surface area contributed by atoms with E-state index in [1.54, 1.807) is 13.3 Å². The average Bonchev–Trinajstić information content (AvgIpc) is 3.29. The van der Waals surface area contributed by atoms with Crippen LogP contribution in [0, 0.1) is 6.92 Å². The van der Waals surface area contributed by atoms with Crippen LogP contribution < -0.4 is 15.4 Å². The minimum atomic E-state index is 0.501. The Morgan fingerprint density at radius 1 is 0.879 bits per heavy atom. The van der Waals surface area contributed by atoms with Crippen LogP contribution in [0.1, 0.15) is 11.1 Å². The normalized spacial score (nSPS) is 10.8. The molecule has 0 fully saturated rings. The maximum absolute atomic E-state index is 5.47. The maximum atomic E-state index is 5.47. The quantitative estimate of drug-likeness (QED) is 0.351. The van der Waals surface area contributed by atoms with Gasteiger partial charge in [-0.25, -0.2) is 4.68 Å². The van der Waals surface area contributed by atoms with Gasteiger partial charge in [-0.2, -0.15) is 15.1 Å². The van der Waals surface area contributed by atoms with Crippen molar-refractivity contribution in [2.24, 2.45) is 0 Å². The van der Waals surface area contributed by atoms with Crippen molar-refractivity contribution in [3.63, 3.8) is 0 Å². The number of fused-ring (bicyclic) bond motifs is 1. The van der Waals surface area contributed by atoms with E-state index < -0.39 is 0 Å². The Kier molecular flexibility index (Phi) is 5.59. The SMILES string of the molecule is COc1ccccc1CNc1nc(Nc2ccc(C)cc2)c2cnn(-c3ccccc3)c2n1. The molecule has 0 bridgehead atoms. The molecule has 0 saturated heterocycles. The van der Waals surface area contributed by atoms with Crippen LogP contribution >= 0.6 is 0 Å². The standard InChI is InChI=1S/C26H24N6O/c1-18-12-14-20(15-13-18)29-24-22-17-28-32(21-9-4-3-5-10-21)25(22)31-26(30-24)27-16-19-8-6-7-11-23(19)33-2/h3-15,17H,16H2,1-2H3,(H2,27,29,30,31). The van der Waals surface area contributed by atoms with Crippen molar-refractivity contribution in [3.05, 3.63) is 96.2 Å². The summed E-state index contributed by atoms with van der Waals surface area (Å²) in [5, 5.41) is 12.2. The zero-order valence-corrected chi connectivity index (χ0v) is 18.5. The number of rotatable bonds is 7. The Morgan fingerprint density at radius 3 is 2.42 bits per heavy atom. The first-order chi connectivity index (χ1) is 16.2. The summed E-state index contributed by atoms with van der Waals surface area (Å²) in [4.78, 5) is 9.56. The summed E-state index contributed by atoms with van der Waals surface area (Å²) in [6.45, 7) is 2.59. The number of benzene rings is 3. The molecule has 2 aromatic heterocycles. The van der Waals surface area contributed by atoms with Gasteiger partial charge in [0.1, 0.15) is 11.6 Å². The number of hydrogen-bond acceptors (Lipinski definition) is 6. The second-order valence-electron chi connectivity index (χ2n) is 7.68. The van der Waals surface area contributed by atoms with Gasteiger partial charge in [-0.1, -0.05) is 54.1 Å². The zero-order chi connectivity index (χ0) is 22.6. The molecule has 0 aliphatic rings. The number of ether oxygens (including phenoxy) is 1. The molecule has 164 valence electrons. The summed E-state index contributed by atoms with van der Waals surface area (Å²) in [5.74, 6) is 2.01. The molecule has 0 unspecified atom stereocenters. The molecule has 0 aliphatic carbocycles. The van der Waals surface area contributed by atoms with Gasteiger partial charge in [0.2, 0.25) is 5.95 Å². The molecule has 0 aliphatic heterocycles. The van der Waals surface area contributed by atoms with Crippen molar-refractivity contribution >= 4 is 28.5 Å². The first-order valence-electron chi connectivity index (χ1n) is 10.7. The number of nitrogens with zero attached hydrogens (tertiary/aromatic N) is 4. The summed E-state index contributed by atoms with van der Waals surface area (Å²) in [7, 11) is 1.67. The third-order valence-electron chi connectivity index (χ3n) is 5.37. The summed E-state index contributed by atoms with van der Waals surface area (Å²) in [6.07, 6.45) is 1.79. The lowest BCUT2D eigenvalue weighted by Crippen LogP contribution is -2.08. The highest BCUT2D eigenvalue weighted by atomic mass is 16.5. The lowest BCUT2D eigenvalue weighted by Gasteiger charge is -2.12. The maximum Gasteiger partial charge on any atom is 0.227 e. The van der Waals surface area contributed by atoms with Crippen molar-refractivity contribution < 1.29 is 4.74 Å². The van der Waals surface area contributed by atoms with Crippen molar-refractivity contribution in [2.45, 2.75) is 13.5 Å². The molecule has 0 saturated carbocycles. The minimum absolute atomic E-state index is 0.501. The van der Waals surface area contributed by atoms with Gasteiger partial charge in [0.25, 0.3) is 0 Å². The molecule has 0 spiro atoms. The highest BCUT2D eigenvalue weighted by Crippen LogP contribution is 2.27. The van der Waals surface area contributed by atoms with Crippen molar-refractivity contribution in [2.75, 3.05) is 17.7 Å². The van der Waals surface area contributed by atoms with Gasteiger partial charge in [0.15, 0.2) is 5.65 Å². The highest BCUT2D eigenvalue weighted by Gasteiger charge is 2.15. The Hall–Kier alpha value is -4.39. The fourth-order valence-electron chi connectivity index (χ4n) is 3.64. The smallest absolute Gasteiger partial charge is 0.227 e. The molecule has 5 aromatic rings.